The summed E-state index contributed by atoms with van der Waals surface area (Å²) in [6, 6.07) is 15.6. The smallest absolute Gasteiger partial charge is 0.161 e. The third-order valence-corrected chi connectivity index (χ3v) is 3.99. The fourth-order valence-corrected chi connectivity index (χ4v) is 2.71. The van der Waals surface area contributed by atoms with Crippen LogP contribution in [0.15, 0.2) is 60.9 Å². The maximum atomic E-state index is 6.45. The van der Waals surface area contributed by atoms with Crippen molar-refractivity contribution in [1.29, 1.82) is 0 Å². The van der Waals surface area contributed by atoms with Crippen LogP contribution in [-0.4, -0.2) is 23.8 Å². The summed E-state index contributed by atoms with van der Waals surface area (Å²) in [6.45, 7) is 0.733. The molecule has 0 bridgehead atoms. The molecule has 0 amide bonds. The van der Waals surface area contributed by atoms with Gasteiger partial charge in [-0.3, -0.25) is 0 Å². The topological polar surface area (TPSA) is 62.3 Å². The van der Waals surface area contributed by atoms with Crippen molar-refractivity contribution in [3.8, 4) is 11.5 Å². The van der Waals surface area contributed by atoms with Gasteiger partial charge in [-0.2, -0.15) is 0 Å². The van der Waals surface area contributed by atoms with Crippen LogP contribution in [0.4, 0.5) is 0 Å². The van der Waals surface area contributed by atoms with E-state index in [2.05, 4.69) is 21.7 Å². The molecule has 5 heteroatoms. The van der Waals surface area contributed by atoms with Crippen molar-refractivity contribution in [2.24, 2.45) is 5.73 Å². The lowest BCUT2D eigenvalue weighted by Gasteiger charge is -2.16. The number of hydrogen-bond donors (Lipinski definition) is 1. The van der Waals surface area contributed by atoms with Crippen LogP contribution in [0.25, 0.3) is 0 Å². The van der Waals surface area contributed by atoms with Crippen LogP contribution in [0.2, 0.25) is 0 Å². The Morgan fingerprint density at radius 2 is 1.79 bits per heavy atom. The summed E-state index contributed by atoms with van der Waals surface area (Å²) >= 11 is 0. The van der Waals surface area contributed by atoms with Gasteiger partial charge in [-0.1, -0.05) is 36.4 Å². The monoisotopic (exact) mass is 323 g/mol. The Hall–Kier alpha value is -2.79. The van der Waals surface area contributed by atoms with Crippen molar-refractivity contribution in [2.75, 3.05) is 14.2 Å². The van der Waals surface area contributed by atoms with E-state index in [1.165, 1.54) is 5.56 Å². The minimum Gasteiger partial charge on any atom is -0.493 e. The van der Waals surface area contributed by atoms with Gasteiger partial charge in [0.15, 0.2) is 11.5 Å². The fraction of sp³-hybridized carbons (Fsp3) is 0.211. The number of hydrogen-bond acceptors (Lipinski definition) is 4. The van der Waals surface area contributed by atoms with Crippen LogP contribution in [0.1, 0.15) is 23.0 Å². The fourth-order valence-electron chi connectivity index (χ4n) is 2.71. The Bertz CT molecular complexity index is 799. The third-order valence-electron chi connectivity index (χ3n) is 3.99. The molecule has 0 saturated heterocycles. The number of nitrogens with zero attached hydrogens (tertiary/aromatic N) is 2. The van der Waals surface area contributed by atoms with Gasteiger partial charge >= 0.3 is 0 Å². The molecular formula is C19H21N3O2. The van der Waals surface area contributed by atoms with Gasteiger partial charge in [-0.25, -0.2) is 4.98 Å². The van der Waals surface area contributed by atoms with E-state index in [1.807, 2.05) is 42.6 Å². The maximum absolute atomic E-state index is 6.45. The summed E-state index contributed by atoms with van der Waals surface area (Å²) in [5.74, 6) is 2.15. The van der Waals surface area contributed by atoms with Gasteiger partial charge in [0.2, 0.25) is 0 Å². The largest absolute Gasteiger partial charge is 0.493 e. The van der Waals surface area contributed by atoms with Gasteiger partial charge in [-0.15, -0.1) is 0 Å². The van der Waals surface area contributed by atoms with E-state index in [9.17, 15) is 0 Å². The highest BCUT2D eigenvalue weighted by molar-refractivity contribution is 5.44. The van der Waals surface area contributed by atoms with E-state index in [4.69, 9.17) is 15.2 Å². The molecule has 0 aliphatic heterocycles. The lowest BCUT2D eigenvalue weighted by atomic mass is 10.1. The number of imidazole rings is 1. The van der Waals surface area contributed by atoms with Gasteiger partial charge in [0.05, 0.1) is 20.3 Å². The number of ether oxygens (including phenoxy) is 2. The molecule has 1 aromatic heterocycles. The van der Waals surface area contributed by atoms with Crippen molar-refractivity contribution in [1.82, 2.24) is 9.55 Å². The number of benzene rings is 2. The van der Waals surface area contributed by atoms with E-state index in [1.54, 1.807) is 20.4 Å². The summed E-state index contributed by atoms with van der Waals surface area (Å²) in [5, 5.41) is 0. The van der Waals surface area contributed by atoms with Gasteiger partial charge in [0.25, 0.3) is 0 Å². The van der Waals surface area contributed by atoms with Crippen LogP contribution in [0.5, 0.6) is 11.5 Å². The number of rotatable bonds is 6. The zero-order valence-electron chi connectivity index (χ0n) is 13.8. The van der Waals surface area contributed by atoms with Crippen molar-refractivity contribution in [3.05, 3.63) is 77.9 Å². The molecule has 5 nitrogen and oxygen atoms in total. The first-order valence-electron chi connectivity index (χ1n) is 7.75. The Labute approximate surface area is 141 Å². The standard InChI is InChI=1S/C19H21N3O2/c1-23-16-9-8-15(12-17(16)24-2)18(20)19-21-10-11-22(19)13-14-6-4-3-5-7-14/h3-12,18H,13,20H2,1-2H3. The summed E-state index contributed by atoms with van der Waals surface area (Å²) in [5.41, 5.74) is 8.58. The summed E-state index contributed by atoms with van der Waals surface area (Å²) in [7, 11) is 3.23. The molecular weight excluding hydrogens is 302 g/mol. The highest BCUT2D eigenvalue weighted by Gasteiger charge is 2.17. The van der Waals surface area contributed by atoms with Crippen LogP contribution < -0.4 is 15.2 Å². The average Bonchev–Trinajstić information content (AvgIpc) is 3.09. The second-order valence-corrected chi connectivity index (χ2v) is 5.49. The molecule has 2 N–H and O–H groups in total. The molecule has 0 saturated carbocycles. The summed E-state index contributed by atoms with van der Waals surface area (Å²) < 4.78 is 12.7. The SMILES string of the molecule is COc1ccc(C(N)c2nccn2Cc2ccccc2)cc1OC. The van der Waals surface area contributed by atoms with E-state index in [-0.39, 0.29) is 6.04 Å². The van der Waals surface area contributed by atoms with Crippen molar-refractivity contribution >= 4 is 0 Å². The quantitative estimate of drug-likeness (QED) is 0.757. The zero-order chi connectivity index (χ0) is 16.9. The van der Waals surface area contributed by atoms with E-state index in [0.717, 1.165) is 17.9 Å². The zero-order valence-corrected chi connectivity index (χ0v) is 13.8. The van der Waals surface area contributed by atoms with E-state index < -0.39 is 0 Å². The molecule has 0 aliphatic rings. The Kier molecular flexibility index (Phi) is 4.82. The molecule has 0 aliphatic carbocycles. The molecule has 1 heterocycles. The van der Waals surface area contributed by atoms with Gasteiger partial charge in [-0.05, 0) is 23.3 Å². The van der Waals surface area contributed by atoms with Gasteiger partial charge < -0.3 is 19.8 Å². The first-order chi connectivity index (χ1) is 11.7. The van der Waals surface area contributed by atoms with Gasteiger partial charge in [0, 0.05) is 18.9 Å². The average molecular weight is 323 g/mol. The van der Waals surface area contributed by atoms with Crippen LogP contribution in [-0.2, 0) is 6.54 Å². The second-order valence-electron chi connectivity index (χ2n) is 5.49. The van der Waals surface area contributed by atoms with Crippen molar-refractivity contribution in [3.63, 3.8) is 0 Å². The van der Waals surface area contributed by atoms with E-state index in [0.29, 0.717) is 11.5 Å². The molecule has 3 aromatic rings. The maximum Gasteiger partial charge on any atom is 0.161 e. The minimum atomic E-state index is -0.344. The summed E-state index contributed by atoms with van der Waals surface area (Å²) in [4.78, 5) is 4.45. The first kappa shape index (κ1) is 16.1. The third kappa shape index (κ3) is 3.26. The molecule has 1 unspecified atom stereocenters. The highest BCUT2D eigenvalue weighted by atomic mass is 16.5. The molecule has 124 valence electrons. The molecule has 0 fully saturated rings. The molecule has 24 heavy (non-hydrogen) atoms. The minimum absolute atomic E-state index is 0.344. The summed E-state index contributed by atoms with van der Waals surface area (Å²) in [6.07, 6.45) is 3.72. The normalized spacial score (nSPS) is 12.0. The predicted octanol–water partition coefficient (Wildman–Crippen LogP) is 3.00. The Morgan fingerprint density at radius 1 is 1.04 bits per heavy atom. The van der Waals surface area contributed by atoms with Gasteiger partial charge in [0.1, 0.15) is 5.82 Å². The highest BCUT2D eigenvalue weighted by Crippen LogP contribution is 2.31. The Morgan fingerprint density at radius 3 is 2.50 bits per heavy atom. The molecule has 1 atom stereocenters. The molecule has 0 spiro atoms. The Balaban J connectivity index is 1.88. The van der Waals surface area contributed by atoms with E-state index >= 15 is 0 Å². The number of methoxy groups -OCH3 is 2. The lowest BCUT2D eigenvalue weighted by molar-refractivity contribution is 0.354. The van der Waals surface area contributed by atoms with Crippen LogP contribution >= 0.6 is 0 Å². The lowest BCUT2D eigenvalue weighted by Crippen LogP contribution is -2.18. The second kappa shape index (κ2) is 7.19. The molecule has 0 radical (unpaired) electrons. The van der Waals surface area contributed by atoms with Crippen LogP contribution in [0.3, 0.4) is 0 Å². The van der Waals surface area contributed by atoms with Crippen molar-refractivity contribution < 1.29 is 9.47 Å². The molecule has 2 aromatic carbocycles. The predicted molar refractivity (Wildman–Crippen MR) is 93.3 cm³/mol. The first-order valence-corrected chi connectivity index (χ1v) is 7.75. The van der Waals surface area contributed by atoms with Crippen LogP contribution in [0, 0.1) is 0 Å². The number of aromatic nitrogens is 2. The number of nitrogens with two attached hydrogens (primary N) is 1. The van der Waals surface area contributed by atoms with Crippen molar-refractivity contribution in [2.45, 2.75) is 12.6 Å². The molecule has 3 rings (SSSR count).